The van der Waals surface area contributed by atoms with Crippen molar-refractivity contribution in [2.24, 2.45) is 0 Å². The maximum absolute atomic E-state index is 12.9. The van der Waals surface area contributed by atoms with Crippen molar-refractivity contribution in [1.29, 1.82) is 0 Å². The van der Waals surface area contributed by atoms with Gasteiger partial charge < -0.3 is 0 Å². The molecule has 3 aromatic carbocycles. The lowest BCUT2D eigenvalue weighted by Gasteiger charge is -2.22. The number of hydrogen-bond donors (Lipinski definition) is 1. The summed E-state index contributed by atoms with van der Waals surface area (Å²) in [7, 11) is -3.52. The number of sulfonamides is 1. The minimum Gasteiger partial charge on any atom is -0.212 e. The van der Waals surface area contributed by atoms with E-state index in [1.54, 1.807) is 0 Å². The van der Waals surface area contributed by atoms with Crippen molar-refractivity contribution in [3.05, 3.63) is 107 Å². The Morgan fingerprint density at radius 2 is 1.35 bits per heavy atom. The molecule has 0 fully saturated rings. The maximum Gasteiger partial charge on any atom is 0.216 e. The van der Waals surface area contributed by atoms with Gasteiger partial charge in [-0.15, -0.1) is 0 Å². The molecule has 0 aliphatic rings. The molecule has 0 radical (unpaired) electrons. The largest absolute Gasteiger partial charge is 0.216 e. The first kappa shape index (κ1) is 18.4. The standard InChI is InChI=1S/C22H23NO2S/c1-17-10-6-8-14-20(17)16-26(24,25)23-22(19-12-4-3-5-13-19)21-15-9-7-11-18(21)2/h3-15,22-23H,16H2,1-2H3. The Morgan fingerprint density at radius 1 is 0.769 bits per heavy atom. The molecule has 0 heterocycles. The SMILES string of the molecule is Cc1ccccc1CS(=O)(=O)NC(c1ccccc1)c1ccccc1C. The Morgan fingerprint density at radius 3 is 2.00 bits per heavy atom. The fourth-order valence-corrected chi connectivity index (χ4v) is 4.50. The van der Waals surface area contributed by atoms with Crippen molar-refractivity contribution in [3.8, 4) is 0 Å². The lowest BCUT2D eigenvalue weighted by atomic mass is 9.96. The van der Waals surface area contributed by atoms with Crippen molar-refractivity contribution in [2.75, 3.05) is 0 Å². The Labute approximate surface area is 155 Å². The topological polar surface area (TPSA) is 46.2 Å². The third kappa shape index (κ3) is 4.40. The van der Waals surface area contributed by atoms with Crippen LogP contribution in [-0.4, -0.2) is 8.42 Å². The van der Waals surface area contributed by atoms with E-state index in [-0.39, 0.29) is 5.75 Å². The number of hydrogen-bond acceptors (Lipinski definition) is 2. The van der Waals surface area contributed by atoms with Gasteiger partial charge in [-0.3, -0.25) is 0 Å². The molecular formula is C22H23NO2S. The van der Waals surface area contributed by atoms with E-state index in [1.807, 2.05) is 92.7 Å². The molecule has 0 spiro atoms. The van der Waals surface area contributed by atoms with Crippen molar-refractivity contribution in [1.82, 2.24) is 4.72 Å². The third-order valence-electron chi connectivity index (χ3n) is 4.54. The molecule has 0 amide bonds. The molecule has 0 aromatic heterocycles. The van der Waals surface area contributed by atoms with Gasteiger partial charge in [0.05, 0.1) is 11.8 Å². The van der Waals surface area contributed by atoms with E-state index in [9.17, 15) is 8.42 Å². The summed E-state index contributed by atoms with van der Waals surface area (Å²) in [6.45, 7) is 3.93. The molecule has 26 heavy (non-hydrogen) atoms. The van der Waals surface area contributed by atoms with Crippen molar-refractivity contribution in [2.45, 2.75) is 25.6 Å². The Hall–Kier alpha value is -2.43. The smallest absolute Gasteiger partial charge is 0.212 e. The van der Waals surface area contributed by atoms with E-state index in [4.69, 9.17) is 0 Å². The van der Waals surface area contributed by atoms with Gasteiger partial charge in [0.15, 0.2) is 0 Å². The lowest BCUT2D eigenvalue weighted by molar-refractivity contribution is 0.571. The normalized spacial score (nSPS) is 12.7. The molecule has 3 aromatic rings. The van der Waals surface area contributed by atoms with Crippen LogP contribution in [0.15, 0.2) is 78.9 Å². The summed E-state index contributed by atoms with van der Waals surface area (Å²) in [5.41, 5.74) is 4.74. The Kier molecular flexibility index (Phi) is 5.55. The quantitative estimate of drug-likeness (QED) is 0.698. The first-order chi connectivity index (χ1) is 12.5. The van der Waals surface area contributed by atoms with Gasteiger partial charge in [-0.1, -0.05) is 78.9 Å². The van der Waals surface area contributed by atoms with Crippen molar-refractivity contribution in [3.63, 3.8) is 0 Å². The van der Waals surface area contributed by atoms with Gasteiger partial charge in [0.25, 0.3) is 0 Å². The van der Waals surface area contributed by atoms with E-state index in [2.05, 4.69) is 4.72 Å². The van der Waals surface area contributed by atoms with Gasteiger partial charge in [0.1, 0.15) is 0 Å². The predicted octanol–water partition coefficient (Wildman–Crippen LogP) is 4.51. The summed E-state index contributed by atoms with van der Waals surface area (Å²) in [6, 6.07) is 24.7. The zero-order chi connectivity index (χ0) is 18.6. The first-order valence-corrected chi connectivity index (χ1v) is 10.3. The van der Waals surface area contributed by atoms with E-state index < -0.39 is 16.1 Å². The second-order valence-electron chi connectivity index (χ2n) is 6.50. The zero-order valence-corrected chi connectivity index (χ0v) is 15.8. The molecule has 1 N–H and O–H groups in total. The number of nitrogens with one attached hydrogen (secondary N) is 1. The summed E-state index contributed by atoms with van der Waals surface area (Å²) in [5.74, 6) is -0.0328. The Bertz CT molecular complexity index is 982. The van der Waals surface area contributed by atoms with E-state index >= 15 is 0 Å². The fraction of sp³-hybridized carbons (Fsp3) is 0.182. The molecule has 134 valence electrons. The van der Waals surface area contributed by atoms with Gasteiger partial charge in [0.2, 0.25) is 10.0 Å². The van der Waals surface area contributed by atoms with Gasteiger partial charge in [0, 0.05) is 0 Å². The van der Waals surface area contributed by atoms with Crippen LogP contribution in [0, 0.1) is 13.8 Å². The van der Waals surface area contributed by atoms with Crippen LogP contribution in [0.3, 0.4) is 0 Å². The predicted molar refractivity (Wildman–Crippen MR) is 106 cm³/mol. The van der Waals surface area contributed by atoms with Crippen LogP contribution < -0.4 is 4.72 Å². The minimum atomic E-state index is -3.52. The molecule has 4 heteroatoms. The maximum atomic E-state index is 12.9. The average molecular weight is 365 g/mol. The number of aryl methyl sites for hydroxylation is 2. The van der Waals surface area contributed by atoms with Crippen LogP contribution in [0.4, 0.5) is 0 Å². The molecule has 0 aliphatic carbocycles. The lowest BCUT2D eigenvalue weighted by Crippen LogP contribution is -2.31. The Balaban J connectivity index is 1.96. The highest BCUT2D eigenvalue weighted by Crippen LogP contribution is 2.26. The second kappa shape index (κ2) is 7.85. The monoisotopic (exact) mass is 365 g/mol. The van der Waals surface area contributed by atoms with Crippen LogP contribution in [0.1, 0.15) is 33.9 Å². The summed E-state index contributed by atoms with van der Waals surface area (Å²) in [5, 5.41) is 0. The molecule has 3 nitrogen and oxygen atoms in total. The highest BCUT2D eigenvalue weighted by molar-refractivity contribution is 7.88. The number of benzene rings is 3. The van der Waals surface area contributed by atoms with Crippen LogP contribution in [0.2, 0.25) is 0 Å². The zero-order valence-electron chi connectivity index (χ0n) is 15.0. The van der Waals surface area contributed by atoms with E-state index in [0.717, 1.165) is 27.8 Å². The van der Waals surface area contributed by atoms with Crippen molar-refractivity contribution >= 4 is 10.0 Å². The van der Waals surface area contributed by atoms with Gasteiger partial charge in [-0.2, -0.15) is 0 Å². The fourth-order valence-electron chi connectivity index (χ4n) is 3.07. The molecule has 1 unspecified atom stereocenters. The van der Waals surface area contributed by atoms with Gasteiger partial charge in [-0.25, -0.2) is 13.1 Å². The van der Waals surface area contributed by atoms with E-state index in [1.165, 1.54) is 0 Å². The molecule has 0 bridgehead atoms. The molecule has 1 atom stereocenters. The van der Waals surface area contributed by atoms with Gasteiger partial charge >= 0.3 is 0 Å². The van der Waals surface area contributed by atoms with Crippen LogP contribution >= 0.6 is 0 Å². The second-order valence-corrected chi connectivity index (χ2v) is 8.26. The third-order valence-corrected chi connectivity index (χ3v) is 5.82. The van der Waals surface area contributed by atoms with E-state index in [0.29, 0.717) is 0 Å². The molecule has 0 saturated carbocycles. The molecule has 0 saturated heterocycles. The van der Waals surface area contributed by atoms with Gasteiger partial charge in [-0.05, 0) is 41.7 Å². The summed E-state index contributed by atoms with van der Waals surface area (Å²) in [4.78, 5) is 0. The highest BCUT2D eigenvalue weighted by Gasteiger charge is 2.23. The summed E-state index contributed by atoms with van der Waals surface area (Å²) >= 11 is 0. The first-order valence-electron chi connectivity index (χ1n) is 8.61. The molecule has 0 aliphatic heterocycles. The highest BCUT2D eigenvalue weighted by atomic mass is 32.2. The molecular weight excluding hydrogens is 342 g/mol. The van der Waals surface area contributed by atoms with Crippen molar-refractivity contribution < 1.29 is 8.42 Å². The average Bonchev–Trinajstić information content (AvgIpc) is 2.63. The minimum absolute atomic E-state index is 0.0328. The number of rotatable bonds is 6. The molecule has 3 rings (SSSR count). The van der Waals surface area contributed by atoms with Crippen LogP contribution in [-0.2, 0) is 15.8 Å². The summed E-state index contributed by atoms with van der Waals surface area (Å²) < 4.78 is 28.7. The van der Waals surface area contributed by atoms with Crippen LogP contribution in [0.5, 0.6) is 0 Å². The summed E-state index contributed by atoms with van der Waals surface area (Å²) in [6.07, 6.45) is 0. The van der Waals surface area contributed by atoms with Crippen LogP contribution in [0.25, 0.3) is 0 Å².